The van der Waals surface area contributed by atoms with E-state index in [1.165, 1.54) is 173 Å². The van der Waals surface area contributed by atoms with Crippen LogP contribution in [0.4, 0.5) is 0 Å². The maximum Gasteiger partial charge on any atom is -0.0417 e. The number of unbranched alkanes of at least 4 members (excludes halogenated alkanes) is 20. The van der Waals surface area contributed by atoms with Gasteiger partial charge in [-0.05, 0) is 11.8 Å². The smallest absolute Gasteiger partial charge is 0.0417 e. The second kappa shape index (κ2) is 28.2. The summed E-state index contributed by atoms with van der Waals surface area (Å²) in [4.78, 5) is 0. The molecule has 0 aliphatic heterocycles. The minimum Gasteiger partial charge on any atom is -0.0654 e. The van der Waals surface area contributed by atoms with E-state index in [-0.39, 0.29) is 0 Å². The molecule has 0 saturated heterocycles. The molecule has 0 heterocycles. The van der Waals surface area contributed by atoms with Crippen LogP contribution in [0.2, 0.25) is 0 Å². The zero-order chi connectivity index (χ0) is 24.2. The first-order valence-corrected chi connectivity index (χ1v) is 16.2. The van der Waals surface area contributed by atoms with E-state index in [2.05, 4.69) is 27.7 Å². The quantitative estimate of drug-likeness (QED) is 0.101. The topological polar surface area (TPSA) is 0 Å². The maximum absolute atomic E-state index is 2.52. The molecule has 0 fully saturated rings. The molecule has 0 aromatic heterocycles. The van der Waals surface area contributed by atoms with Gasteiger partial charge in [0.2, 0.25) is 0 Å². The van der Waals surface area contributed by atoms with Gasteiger partial charge in [0.15, 0.2) is 0 Å². The molecule has 0 aliphatic carbocycles. The van der Waals surface area contributed by atoms with Crippen LogP contribution in [-0.2, 0) is 0 Å². The highest BCUT2D eigenvalue weighted by Gasteiger charge is 2.09. The summed E-state index contributed by atoms with van der Waals surface area (Å²) in [6, 6.07) is 0. The lowest BCUT2D eigenvalue weighted by atomic mass is 9.88. The molecule has 0 saturated carbocycles. The summed E-state index contributed by atoms with van der Waals surface area (Å²) in [6.07, 6.45) is 39.6. The summed E-state index contributed by atoms with van der Waals surface area (Å²) in [7, 11) is 0. The molecular weight excluding hydrogens is 396 g/mol. The fourth-order valence-electron chi connectivity index (χ4n) is 5.47. The van der Waals surface area contributed by atoms with E-state index >= 15 is 0 Å². The van der Waals surface area contributed by atoms with Gasteiger partial charge in [-0.15, -0.1) is 0 Å². The average molecular weight is 465 g/mol. The SMILES string of the molecule is CCCCCCCCCCCCCCC(CC)CCC(C)CCCCCCCCCCCC. The molecule has 0 bridgehead atoms. The molecule has 200 valence electrons. The Morgan fingerprint density at radius 1 is 0.333 bits per heavy atom. The molecule has 0 nitrogen and oxygen atoms in total. The van der Waals surface area contributed by atoms with Gasteiger partial charge in [0, 0.05) is 0 Å². The Bertz CT molecular complexity index is 333. The van der Waals surface area contributed by atoms with Gasteiger partial charge in [0.05, 0.1) is 0 Å². The summed E-state index contributed by atoms with van der Waals surface area (Å²) in [5.41, 5.74) is 0. The third kappa shape index (κ3) is 26.4. The van der Waals surface area contributed by atoms with Crippen LogP contribution in [-0.4, -0.2) is 0 Å². The maximum atomic E-state index is 2.52. The zero-order valence-electron chi connectivity index (χ0n) is 24.2. The van der Waals surface area contributed by atoms with E-state index in [0.717, 1.165) is 11.8 Å². The van der Waals surface area contributed by atoms with Crippen molar-refractivity contribution in [2.75, 3.05) is 0 Å². The molecule has 0 radical (unpaired) electrons. The summed E-state index contributed by atoms with van der Waals surface area (Å²) in [6.45, 7) is 9.56. The lowest BCUT2D eigenvalue weighted by molar-refractivity contribution is 0.352. The molecule has 2 atom stereocenters. The van der Waals surface area contributed by atoms with Crippen molar-refractivity contribution >= 4 is 0 Å². The van der Waals surface area contributed by atoms with Gasteiger partial charge < -0.3 is 0 Å². The van der Waals surface area contributed by atoms with E-state index < -0.39 is 0 Å². The highest BCUT2D eigenvalue weighted by Crippen LogP contribution is 2.24. The highest BCUT2D eigenvalue weighted by molar-refractivity contribution is 4.62. The Labute approximate surface area is 212 Å². The Hall–Kier alpha value is 0. The van der Waals surface area contributed by atoms with Crippen LogP contribution >= 0.6 is 0 Å². The molecule has 2 unspecified atom stereocenters. The van der Waals surface area contributed by atoms with E-state index in [9.17, 15) is 0 Å². The van der Waals surface area contributed by atoms with Crippen molar-refractivity contribution < 1.29 is 0 Å². The molecular formula is C33H68. The third-order valence-electron chi connectivity index (χ3n) is 8.16. The fraction of sp³-hybridized carbons (Fsp3) is 1.00. The highest BCUT2D eigenvalue weighted by atomic mass is 14.2. The number of rotatable bonds is 28. The molecule has 0 heteroatoms. The van der Waals surface area contributed by atoms with Crippen molar-refractivity contribution in [1.29, 1.82) is 0 Å². The lowest BCUT2D eigenvalue weighted by Gasteiger charge is -2.18. The number of hydrogen-bond acceptors (Lipinski definition) is 0. The monoisotopic (exact) mass is 465 g/mol. The van der Waals surface area contributed by atoms with Crippen LogP contribution in [0.5, 0.6) is 0 Å². The van der Waals surface area contributed by atoms with E-state index in [1.54, 1.807) is 0 Å². The van der Waals surface area contributed by atoms with E-state index in [4.69, 9.17) is 0 Å². The third-order valence-corrected chi connectivity index (χ3v) is 8.16. The summed E-state index contributed by atoms with van der Waals surface area (Å²) in [5.74, 6) is 1.96. The normalized spacial score (nSPS) is 13.5. The standard InChI is InChI=1S/C33H68/c1-5-8-10-12-14-16-18-19-21-23-25-27-29-33(7-3)31-30-32(4)28-26-24-22-20-17-15-13-11-9-6-2/h32-33H,5-31H2,1-4H3. The first-order valence-electron chi connectivity index (χ1n) is 16.2. The average Bonchev–Trinajstić information content (AvgIpc) is 2.82. The van der Waals surface area contributed by atoms with Gasteiger partial charge in [-0.2, -0.15) is 0 Å². The van der Waals surface area contributed by atoms with Gasteiger partial charge in [0.25, 0.3) is 0 Å². The van der Waals surface area contributed by atoms with Crippen molar-refractivity contribution in [3.05, 3.63) is 0 Å². The van der Waals surface area contributed by atoms with Gasteiger partial charge in [0.1, 0.15) is 0 Å². The van der Waals surface area contributed by atoms with Crippen LogP contribution in [0, 0.1) is 11.8 Å². The molecule has 0 aromatic rings. The molecule has 0 spiro atoms. The van der Waals surface area contributed by atoms with E-state index in [0.29, 0.717) is 0 Å². The Balaban J connectivity index is 3.41. The van der Waals surface area contributed by atoms with Crippen molar-refractivity contribution in [3.8, 4) is 0 Å². The molecule has 0 aromatic carbocycles. The first kappa shape index (κ1) is 33.0. The summed E-state index contributed by atoms with van der Waals surface area (Å²) in [5, 5.41) is 0. The van der Waals surface area contributed by atoms with Crippen molar-refractivity contribution in [3.63, 3.8) is 0 Å². The van der Waals surface area contributed by atoms with Gasteiger partial charge in [-0.25, -0.2) is 0 Å². The van der Waals surface area contributed by atoms with Crippen LogP contribution in [0.25, 0.3) is 0 Å². The predicted molar refractivity (Wildman–Crippen MR) is 154 cm³/mol. The fourth-order valence-corrected chi connectivity index (χ4v) is 5.47. The summed E-state index contributed by atoms with van der Waals surface area (Å²) < 4.78 is 0. The largest absolute Gasteiger partial charge is 0.0654 e. The van der Waals surface area contributed by atoms with E-state index in [1.807, 2.05) is 0 Å². The molecule has 33 heavy (non-hydrogen) atoms. The van der Waals surface area contributed by atoms with Gasteiger partial charge in [-0.1, -0.05) is 201 Å². The van der Waals surface area contributed by atoms with Crippen LogP contribution in [0.3, 0.4) is 0 Å². The van der Waals surface area contributed by atoms with Crippen LogP contribution in [0.1, 0.15) is 201 Å². The molecule has 0 N–H and O–H groups in total. The Morgan fingerprint density at radius 2 is 0.667 bits per heavy atom. The van der Waals surface area contributed by atoms with Crippen LogP contribution < -0.4 is 0 Å². The van der Waals surface area contributed by atoms with Crippen molar-refractivity contribution in [1.82, 2.24) is 0 Å². The van der Waals surface area contributed by atoms with Crippen LogP contribution in [0.15, 0.2) is 0 Å². The lowest BCUT2D eigenvalue weighted by Crippen LogP contribution is -2.03. The van der Waals surface area contributed by atoms with Gasteiger partial charge in [-0.3, -0.25) is 0 Å². The first-order chi connectivity index (χ1) is 16.2. The zero-order valence-corrected chi connectivity index (χ0v) is 24.2. The van der Waals surface area contributed by atoms with Crippen molar-refractivity contribution in [2.24, 2.45) is 11.8 Å². The second-order valence-electron chi connectivity index (χ2n) is 11.6. The molecule has 0 rings (SSSR count). The molecule has 0 amide bonds. The second-order valence-corrected chi connectivity index (χ2v) is 11.6. The predicted octanol–water partition coefficient (Wildman–Crippen LogP) is 12.8. The molecule has 0 aliphatic rings. The minimum atomic E-state index is 0.954. The van der Waals surface area contributed by atoms with Crippen molar-refractivity contribution in [2.45, 2.75) is 201 Å². The minimum absolute atomic E-state index is 0.954. The Morgan fingerprint density at radius 3 is 1.03 bits per heavy atom. The number of hydrogen-bond donors (Lipinski definition) is 0. The summed E-state index contributed by atoms with van der Waals surface area (Å²) >= 11 is 0. The Kier molecular flexibility index (Phi) is 28.2. The van der Waals surface area contributed by atoms with Gasteiger partial charge >= 0.3 is 0 Å².